The van der Waals surface area contributed by atoms with Crippen molar-refractivity contribution in [1.29, 1.82) is 0 Å². The Kier molecular flexibility index (Phi) is 4.99. The Morgan fingerprint density at radius 1 is 1.24 bits per heavy atom. The molecule has 2 N–H and O–H groups in total. The largest absolute Gasteiger partial charge is 0.480 e. The summed E-state index contributed by atoms with van der Waals surface area (Å²) < 4.78 is 0. The van der Waals surface area contributed by atoms with Gasteiger partial charge in [-0.3, -0.25) is 4.79 Å². The first kappa shape index (κ1) is 16.8. The first-order valence-electron chi connectivity index (χ1n) is 8.45. The Morgan fingerprint density at radius 3 is 2.48 bits per heavy atom. The number of likely N-dealkylation sites (N-methyl/N-ethyl adjacent to an activating group) is 1. The second kappa shape index (κ2) is 6.25. The average molecular weight is 296 g/mol. The highest BCUT2D eigenvalue weighted by Crippen LogP contribution is 2.38. The molecule has 0 spiro atoms. The third-order valence-corrected chi connectivity index (χ3v) is 5.88. The Morgan fingerprint density at radius 2 is 1.95 bits per heavy atom. The molecule has 2 fully saturated rings. The smallest absolute Gasteiger partial charge is 0.323 e. The maximum atomic E-state index is 11.6. The number of aliphatic carboxylic acids is 1. The summed E-state index contributed by atoms with van der Waals surface area (Å²) in [7, 11) is 1.79. The van der Waals surface area contributed by atoms with Crippen molar-refractivity contribution in [1.82, 2.24) is 10.2 Å². The van der Waals surface area contributed by atoms with Gasteiger partial charge in [0.1, 0.15) is 5.54 Å². The van der Waals surface area contributed by atoms with Crippen molar-refractivity contribution in [2.75, 3.05) is 20.1 Å². The predicted molar refractivity (Wildman–Crippen MR) is 85.4 cm³/mol. The number of carboxylic acid groups (broad SMARTS) is 1. The molecular formula is C17H32N2O2. The van der Waals surface area contributed by atoms with Crippen molar-refractivity contribution in [3.8, 4) is 0 Å². The molecule has 0 aromatic carbocycles. The summed E-state index contributed by atoms with van der Waals surface area (Å²) in [6, 6.07) is 0.437. The van der Waals surface area contributed by atoms with Crippen LogP contribution in [0.3, 0.4) is 0 Å². The van der Waals surface area contributed by atoms with Gasteiger partial charge in [-0.1, -0.05) is 20.8 Å². The van der Waals surface area contributed by atoms with E-state index in [1.807, 2.05) is 0 Å². The van der Waals surface area contributed by atoms with E-state index in [1.165, 1.54) is 19.3 Å². The third kappa shape index (κ3) is 3.59. The number of carbonyl (C=O) groups is 1. The number of nitrogens with zero attached hydrogens (tertiary/aromatic N) is 1. The van der Waals surface area contributed by atoms with E-state index in [0.29, 0.717) is 11.5 Å². The van der Waals surface area contributed by atoms with Crippen LogP contribution in [-0.2, 0) is 4.79 Å². The van der Waals surface area contributed by atoms with Gasteiger partial charge in [0.05, 0.1) is 0 Å². The maximum Gasteiger partial charge on any atom is 0.323 e. The topological polar surface area (TPSA) is 52.6 Å². The molecule has 2 aliphatic rings. The minimum Gasteiger partial charge on any atom is -0.480 e. The molecule has 3 atom stereocenters. The lowest BCUT2D eigenvalue weighted by Crippen LogP contribution is -2.49. The van der Waals surface area contributed by atoms with Gasteiger partial charge >= 0.3 is 5.97 Å². The average Bonchev–Trinajstić information content (AvgIpc) is 2.69. The lowest BCUT2D eigenvalue weighted by Gasteiger charge is -2.31. The van der Waals surface area contributed by atoms with Gasteiger partial charge < -0.3 is 15.3 Å². The summed E-state index contributed by atoms with van der Waals surface area (Å²) in [4.78, 5) is 14.1. The summed E-state index contributed by atoms with van der Waals surface area (Å²) in [6.07, 6.45) is 6.32. The molecule has 0 bridgehead atoms. The lowest BCUT2D eigenvalue weighted by atomic mass is 9.77. The minimum atomic E-state index is -0.694. The van der Waals surface area contributed by atoms with Crippen LogP contribution in [0.4, 0.5) is 0 Å². The third-order valence-electron chi connectivity index (χ3n) is 5.88. The molecule has 4 heteroatoms. The summed E-state index contributed by atoms with van der Waals surface area (Å²) in [5.74, 6) is 0.104. The van der Waals surface area contributed by atoms with E-state index in [0.717, 1.165) is 38.3 Å². The molecule has 122 valence electrons. The number of hydrogen-bond acceptors (Lipinski definition) is 3. The summed E-state index contributed by atoms with van der Waals surface area (Å²) in [5.41, 5.74) is -0.304. The van der Waals surface area contributed by atoms with Crippen molar-refractivity contribution in [3.63, 3.8) is 0 Å². The van der Waals surface area contributed by atoms with Crippen molar-refractivity contribution in [3.05, 3.63) is 0 Å². The van der Waals surface area contributed by atoms with Gasteiger partial charge in [0, 0.05) is 6.04 Å². The molecule has 4 nitrogen and oxygen atoms in total. The number of rotatable bonds is 3. The molecule has 0 aromatic heterocycles. The number of carboxylic acids is 1. The molecule has 0 aromatic rings. The van der Waals surface area contributed by atoms with Crippen LogP contribution in [0, 0.1) is 11.3 Å². The van der Waals surface area contributed by atoms with Crippen molar-refractivity contribution in [2.24, 2.45) is 11.3 Å². The summed E-state index contributed by atoms with van der Waals surface area (Å²) >= 11 is 0. The lowest BCUT2D eigenvalue weighted by molar-refractivity contribution is -0.144. The van der Waals surface area contributed by atoms with E-state index in [4.69, 9.17) is 0 Å². The number of nitrogens with one attached hydrogen (secondary N) is 1. The van der Waals surface area contributed by atoms with Gasteiger partial charge in [0.2, 0.25) is 0 Å². The number of likely N-dealkylation sites (tertiary alicyclic amines) is 1. The molecule has 21 heavy (non-hydrogen) atoms. The molecule has 1 aliphatic heterocycles. The van der Waals surface area contributed by atoms with Crippen LogP contribution in [0.25, 0.3) is 0 Å². The van der Waals surface area contributed by atoms with Crippen molar-refractivity contribution >= 4 is 5.97 Å². The fraction of sp³-hybridized carbons (Fsp3) is 0.941. The minimum absolute atomic E-state index is 0.390. The molecule has 0 amide bonds. The van der Waals surface area contributed by atoms with Crippen molar-refractivity contribution in [2.45, 2.75) is 70.9 Å². The zero-order valence-corrected chi connectivity index (χ0v) is 14.1. The Bertz CT molecular complexity index is 377. The molecule has 2 rings (SSSR count). The van der Waals surface area contributed by atoms with Gasteiger partial charge in [-0.25, -0.2) is 0 Å². The molecule has 3 unspecified atom stereocenters. The van der Waals surface area contributed by atoms with Crippen LogP contribution in [0.1, 0.15) is 59.3 Å². The highest BCUT2D eigenvalue weighted by molar-refractivity contribution is 5.79. The maximum absolute atomic E-state index is 11.6. The van der Waals surface area contributed by atoms with E-state index < -0.39 is 11.5 Å². The zero-order chi connectivity index (χ0) is 15.7. The van der Waals surface area contributed by atoms with E-state index >= 15 is 0 Å². The van der Waals surface area contributed by atoms with Crippen molar-refractivity contribution < 1.29 is 9.90 Å². The Hall–Kier alpha value is -0.610. The molecule has 1 heterocycles. The predicted octanol–water partition coefficient (Wildman–Crippen LogP) is 2.73. The van der Waals surface area contributed by atoms with Gasteiger partial charge in [0.15, 0.2) is 0 Å². The normalized spacial score (nSPS) is 35.6. The molecule has 1 saturated carbocycles. The van der Waals surface area contributed by atoms with Crippen LogP contribution in [-0.4, -0.2) is 47.7 Å². The van der Waals surface area contributed by atoms with Crippen LogP contribution < -0.4 is 5.32 Å². The summed E-state index contributed by atoms with van der Waals surface area (Å²) in [5, 5.41) is 12.6. The first-order valence-corrected chi connectivity index (χ1v) is 8.45. The van der Waals surface area contributed by atoms with Crippen LogP contribution in [0.5, 0.6) is 0 Å². The van der Waals surface area contributed by atoms with E-state index in [2.05, 4.69) is 31.0 Å². The second-order valence-electron chi connectivity index (χ2n) is 8.06. The highest BCUT2D eigenvalue weighted by Gasteiger charge is 2.46. The molecule has 1 aliphatic carbocycles. The van der Waals surface area contributed by atoms with Gasteiger partial charge in [0.25, 0.3) is 0 Å². The molecule has 1 saturated heterocycles. The molecular weight excluding hydrogens is 264 g/mol. The quantitative estimate of drug-likeness (QED) is 0.841. The van der Waals surface area contributed by atoms with Crippen LogP contribution in [0.2, 0.25) is 0 Å². The summed E-state index contributed by atoms with van der Waals surface area (Å²) in [6.45, 7) is 9.31. The van der Waals surface area contributed by atoms with E-state index in [9.17, 15) is 9.90 Å². The Labute approximate surface area is 129 Å². The fourth-order valence-corrected chi connectivity index (χ4v) is 4.21. The highest BCUT2D eigenvalue weighted by atomic mass is 16.4. The van der Waals surface area contributed by atoms with Crippen LogP contribution in [0.15, 0.2) is 0 Å². The van der Waals surface area contributed by atoms with Crippen LogP contribution >= 0.6 is 0 Å². The first-order chi connectivity index (χ1) is 9.78. The van der Waals surface area contributed by atoms with E-state index in [-0.39, 0.29) is 0 Å². The van der Waals surface area contributed by atoms with Gasteiger partial charge in [-0.2, -0.15) is 0 Å². The monoisotopic (exact) mass is 296 g/mol. The Balaban J connectivity index is 1.97. The zero-order valence-electron chi connectivity index (χ0n) is 14.1. The fourth-order valence-electron chi connectivity index (χ4n) is 4.21. The standard InChI is InChI=1S/C17H32N2O2/c1-16(2,3)13-6-5-10-19(11-8-13)14-7-9-17(12-14,18-4)15(20)21/h13-14,18H,5-12H2,1-4H3,(H,20,21). The van der Waals surface area contributed by atoms with E-state index in [1.54, 1.807) is 7.05 Å². The van der Waals surface area contributed by atoms with Gasteiger partial charge in [-0.05, 0) is 70.0 Å². The second-order valence-corrected chi connectivity index (χ2v) is 8.06. The molecule has 0 radical (unpaired) electrons. The SMILES string of the molecule is CNC1(C(=O)O)CCC(N2CCCC(C(C)(C)C)CC2)C1. The van der Waals surface area contributed by atoms with Gasteiger partial charge in [-0.15, -0.1) is 0 Å². The number of hydrogen-bond donors (Lipinski definition) is 2.